The molecule has 0 unspecified atom stereocenters. The van der Waals surface area contributed by atoms with Crippen molar-refractivity contribution in [1.82, 2.24) is 5.32 Å². The van der Waals surface area contributed by atoms with Gasteiger partial charge in [-0.3, -0.25) is 4.79 Å². The van der Waals surface area contributed by atoms with E-state index in [9.17, 15) is 9.59 Å². The van der Waals surface area contributed by atoms with Crippen LogP contribution >= 0.6 is 11.6 Å². The monoisotopic (exact) mass is 282 g/mol. The Kier molecular flexibility index (Phi) is 5.89. The van der Waals surface area contributed by atoms with Crippen molar-refractivity contribution < 1.29 is 14.3 Å². The highest BCUT2D eigenvalue weighted by Gasteiger charge is 2.16. The molecule has 0 aliphatic rings. The van der Waals surface area contributed by atoms with Gasteiger partial charge in [0.1, 0.15) is 5.57 Å². The number of carbonyl (C=O) groups is 2. The summed E-state index contributed by atoms with van der Waals surface area (Å²) in [4.78, 5) is 22.5. The molecule has 0 heterocycles. The van der Waals surface area contributed by atoms with E-state index in [1.165, 1.54) is 6.20 Å². The summed E-state index contributed by atoms with van der Waals surface area (Å²) in [5, 5.41) is 3.48. The second kappa shape index (κ2) is 7.43. The first-order valence-corrected chi connectivity index (χ1v) is 6.07. The van der Waals surface area contributed by atoms with E-state index in [-0.39, 0.29) is 12.2 Å². The number of nitrogens with one attached hydrogen (secondary N) is 1. The maximum Gasteiger partial charge on any atom is 0.345 e. The SMILES string of the molecule is CCOC(=O)/C(=C/NCc1ccc(Cl)cc1)C(N)=O. The Balaban J connectivity index is 2.64. The fraction of sp³-hybridized carbons (Fsp3) is 0.231. The zero-order chi connectivity index (χ0) is 14.3. The number of halogens is 1. The molecule has 1 amide bonds. The van der Waals surface area contributed by atoms with Gasteiger partial charge in [0.05, 0.1) is 6.61 Å². The third kappa shape index (κ3) is 5.01. The summed E-state index contributed by atoms with van der Waals surface area (Å²) in [6.45, 7) is 2.27. The van der Waals surface area contributed by atoms with Crippen LogP contribution in [-0.4, -0.2) is 18.5 Å². The summed E-state index contributed by atoms with van der Waals surface area (Å²) in [6.07, 6.45) is 1.26. The second-order valence-corrected chi connectivity index (χ2v) is 4.09. The number of primary amides is 1. The lowest BCUT2D eigenvalue weighted by molar-refractivity contribution is -0.139. The Morgan fingerprint density at radius 2 is 2.00 bits per heavy atom. The first kappa shape index (κ1) is 15.0. The van der Waals surface area contributed by atoms with Crippen molar-refractivity contribution in [2.75, 3.05) is 6.61 Å². The number of rotatable bonds is 6. The number of esters is 1. The molecule has 6 heteroatoms. The van der Waals surface area contributed by atoms with Crippen molar-refractivity contribution in [1.29, 1.82) is 0 Å². The molecule has 0 saturated heterocycles. The molecule has 0 aliphatic heterocycles. The van der Waals surface area contributed by atoms with Gasteiger partial charge in [-0.1, -0.05) is 23.7 Å². The van der Waals surface area contributed by atoms with Crippen LogP contribution < -0.4 is 11.1 Å². The Morgan fingerprint density at radius 1 is 1.37 bits per heavy atom. The van der Waals surface area contributed by atoms with Gasteiger partial charge in [0.15, 0.2) is 0 Å². The molecule has 1 aromatic rings. The largest absolute Gasteiger partial charge is 0.462 e. The van der Waals surface area contributed by atoms with Gasteiger partial charge in [0.2, 0.25) is 0 Å². The Hall–Kier alpha value is -2.01. The summed E-state index contributed by atoms with van der Waals surface area (Å²) in [5.74, 6) is -1.57. The number of ether oxygens (including phenoxy) is 1. The van der Waals surface area contributed by atoms with E-state index in [2.05, 4.69) is 5.32 Å². The topological polar surface area (TPSA) is 81.4 Å². The number of benzene rings is 1. The zero-order valence-corrected chi connectivity index (χ0v) is 11.2. The molecule has 19 heavy (non-hydrogen) atoms. The molecule has 3 N–H and O–H groups in total. The summed E-state index contributed by atoms with van der Waals surface area (Å²) >= 11 is 5.76. The van der Waals surface area contributed by atoms with E-state index in [4.69, 9.17) is 22.1 Å². The van der Waals surface area contributed by atoms with Gasteiger partial charge in [0.25, 0.3) is 5.91 Å². The molecule has 0 aromatic heterocycles. The van der Waals surface area contributed by atoms with Crippen LogP contribution in [0.1, 0.15) is 12.5 Å². The van der Waals surface area contributed by atoms with E-state index in [0.29, 0.717) is 11.6 Å². The lowest BCUT2D eigenvalue weighted by atomic mass is 10.2. The van der Waals surface area contributed by atoms with Crippen LogP contribution in [0.3, 0.4) is 0 Å². The van der Waals surface area contributed by atoms with Crippen molar-refractivity contribution in [3.05, 3.63) is 46.6 Å². The van der Waals surface area contributed by atoms with E-state index < -0.39 is 11.9 Å². The Bertz CT molecular complexity index is 483. The molecular weight excluding hydrogens is 268 g/mol. The molecular formula is C13H15ClN2O3. The Labute approximate surface area is 116 Å². The normalized spacial score (nSPS) is 10.9. The second-order valence-electron chi connectivity index (χ2n) is 3.65. The summed E-state index contributed by atoms with van der Waals surface area (Å²) in [6, 6.07) is 7.17. The van der Waals surface area contributed by atoms with Gasteiger partial charge in [0, 0.05) is 17.8 Å². The summed E-state index contributed by atoms with van der Waals surface area (Å²) in [5.41, 5.74) is 5.84. The van der Waals surface area contributed by atoms with Crippen molar-refractivity contribution >= 4 is 23.5 Å². The zero-order valence-electron chi connectivity index (χ0n) is 10.5. The third-order valence-electron chi connectivity index (χ3n) is 2.23. The molecule has 0 spiro atoms. The first-order chi connectivity index (χ1) is 9.04. The molecule has 0 atom stereocenters. The molecule has 1 aromatic carbocycles. The van der Waals surface area contributed by atoms with Crippen LogP contribution in [-0.2, 0) is 20.9 Å². The highest BCUT2D eigenvalue weighted by molar-refractivity contribution is 6.30. The molecule has 5 nitrogen and oxygen atoms in total. The minimum atomic E-state index is -0.831. The highest BCUT2D eigenvalue weighted by atomic mass is 35.5. The fourth-order valence-corrected chi connectivity index (χ4v) is 1.44. The minimum absolute atomic E-state index is 0.181. The van der Waals surface area contributed by atoms with Gasteiger partial charge in [-0.15, -0.1) is 0 Å². The lowest BCUT2D eigenvalue weighted by Gasteiger charge is -2.05. The molecule has 102 valence electrons. The highest BCUT2D eigenvalue weighted by Crippen LogP contribution is 2.09. The van der Waals surface area contributed by atoms with Crippen LogP contribution in [0.2, 0.25) is 5.02 Å². The minimum Gasteiger partial charge on any atom is -0.462 e. The number of nitrogens with two attached hydrogens (primary N) is 1. The number of amides is 1. The van der Waals surface area contributed by atoms with Crippen molar-refractivity contribution in [3.8, 4) is 0 Å². The Morgan fingerprint density at radius 3 is 2.53 bits per heavy atom. The van der Waals surface area contributed by atoms with Crippen LogP contribution in [0.15, 0.2) is 36.0 Å². The summed E-state index contributed by atoms with van der Waals surface area (Å²) < 4.78 is 4.72. The van der Waals surface area contributed by atoms with Crippen LogP contribution in [0, 0.1) is 0 Å². The van der Waals surface area contributed by atoms with Gasteiger partial charge >= 0.3 is 5.97 Å². The van der Waals surface area contributed by atoms with Crippen molar-refractivity contribution in [2.24, 2.45) is 5.73 Å². The van der Waals surface area contributed by atoms with Gasteiger partial charge in [-0.05, 0) is 24.6 Å². The van der Waals surface area contributed by atoms with Crippen LogP contribution in [0.5, 0.6) is 0 Å². The van der Waals surface area contributed by atoms with Gasteiger partial charge in [-0.25, -0.2) is 4.79 Å². The number of hydrogen-bond donors (Lipinski definition) is 2. The lowest BCUT2D eigenvalue weighted by Crippen LogP contribution is -2.24. The van der Waals surface area contributed by atoms with E-state index in [0.717, 1.165) is 5.56 Å². The molecule has 0 aliphatic carbocycles. The maximum atomic E-state index is 11.4. The number of carbonyl (C=O) groups excluding carboxylic acids is 2. The standard InChI is InChI=1S/C13H15ClN2O3/c1-2-19-13(18)11(12(15)17)8-16-7-9-3-5-10(14)6-4-9/h3-6,8,16H,2,7H2,1H3,(H2,15,17)/b11-8+. The molecule has 0 saturated carbocycles. The maximum absolute atomic E-state index is 11.4. The molecule has 0 fully saturated rings. The predicted octanol–water partition coefficient (Wildman–Crippen LogP) is 1.36. The average molecular weight is 283 g/mol. The molecule has 1 rings (SSSR count). The van der Waals surface area contributed by atoms with E-state index >= 15 is 0 Å². The number of hydrogen-bond acceptors (Lipinski definition) is 4. The van der Waals surface area contributed by atoms with E-state index in [1.54, 1.807) is 19.1 Å². The fourth-order valence-electron chi connectivity index (χ4n) is 1.31. The first-order valence-electron chi connectivity index (χ1n) is 5.69. The van der Waals surface area contributed by atoms with Gasteiger partial charge in [-0.2, -0.15) is 0 Å². The van der Waals surface area contributed by atoms with Crippen molar-refractivity contribution in [3.63, 3.8) is 0 Å². The average Bonchev–Trinajstić information content (AvgIpc) is 2.36. The molecule has 0 bridgehead atoms. The summed E-state index contributed by atoms with van der Waals surface area (Å²) in [7, 11) is 0. The van der Waals surface area contributed by atoms with Gasteiger partial charge < -0.3 is 15.8 Å². The smallest absolute Gasteiger partial charge is 0.345 e. The quantitative estimate of drug-likeness (QED) is 0.357. The van der Waals surface area contributed by atoms with Crippen LogP contribution in [0.4, 0.5) is 0 Å². The van der Waals surface area contributed by atoms with E-state index in [1.807, 2.05) is 12.1 Å². The van der Waals surface area contributed by atoms with Crippen LogP contribution in [0.25, 0.3) is 0 Å². The third-order valence-corrected chi connectivity index (χ3v) is 2.48. The van der Waals surface area contributed by atoms with Crippen molar-refractivity contribution in [2.45, 2.75) is 13.5 Å². The molecule has 0 radical (unpaired) electrons. The predicted molar refractivity (Wildman–Crippen MR) is 72.2 cm³/mol.